The topological polar surface area (TPSA) is 98.8 Å². The Morgan fingerprint density at radius 3 is 2.41 bits per heavy atom. The Morgan fingerprint density at radius 2 is 1.91 bits per heavy atom. The minimum atomic E-state index is -3.47. The standard InChI is InChI=1S/C14H19NO6S/c1-9(2)21-8-13(16)15-12-7-10(22(4,18)19)5-6-11(12)14(17)20-3/h5-7,9H,8H2,1-4H3,(H,15,16). The maximum atomic E-state index is 11.8. The van der Waals surface area contributed by atoms with Gasteiger partial charge in [-0.15, -0.1) is 0 Å². The van der Waals surface area contributed by atoms with Gasteiger partial charge in [-0.2, -0.15) is 0 Å². The largest absolute Gasteiger partial charge is 0.465 e. The van der Waals surface area contributed by atoms with E-state index in [2.05, 4.69) is 10.1 Å². The molecule has 1 rings (SSSR count). The fourth-order valence-electron chi connectivity index (χ4n) is 1.57. The van der Waals surface area contributed by atoms with Crippen LogP contribution in [0.15, 0.2) is 23.1 Å². The lowest BCUT2D eigenvalue weighted by Gasteiger charge is -2.12. The minimum Gasteiger partial charge on any atom is -0.465 e. The molecule has 0 aliphatic heterocycles. The summed E-state index contributed by atoms with van der Waals surface area (Å²) in [6, 6.07) is 3.79. The highest BCUT2D eigenvalue weighted by Crippen LogP contribution is 2.22. The van der Waals surface area contributed by atoms with Crippen molar-refractivity contribution in [2.75, 3.05) is 25.3 Å². The monoisotopic (exact) mass is 329 g/mol. The third-order valence-electron chi connectivity index (χ3n) is 2.65. The number of ether oxygens (including phenoxy) is 2. The van der Waals surface area contributed by atoms with Crippen molar-refractivity contribution in [2.45, 2.75) is 24.8 Å². The van der Waals surface area contributed by atoms with E-state index in [1.165, 1.54) is 25.3 Å². The van der Waals surface area contributed by atoms with Gasteiger partial charge in [0.15, 0.2) is 9.84 Å². The van der Waals surface area contributed by atoms with Crippen molar-refractivity contribution in [1.82, 2.24) is 0 Å². The van der Waals surface area contributed by atoms with Crippen LogP contribution < -0.4 is 5.32 Å². The number of rotatable bonds is 6. The van der Waals surface area contributed by atoms with E-state index in [0.717, 1.165) is 6.26 Å². The molecule has 22 heavy (non-hydrogen) atoms. The summed E-state index contributed by atoms with van der Waals surface area (Å²) in [6.07, 6.45) is 0.904. The van der Waals surface area contributed by atoms with Crippen molar-refractivity contribution < 1.29 is 27.5 Å². The van der Waals surface area contributed by atoms with Crippen molar-refractivity contribution in [1.29, 1.82) is 0 Å². The van der Waals surface area contributed by atoms with Crippen LogP contribution in [0.5, 0.6) is 0 Å². The van der Waals surface area contributed by atoms with Crippen LogP contribution in [0, 0.1) is 0 Å². The number of benzene rings is 1. The van der Waals surface area contributed by atoms with Gasteiger partial charge in [0.1, 0.15) is 6.61 Å². The third-order valence-corrected chi connectivity index (χ3v) is 3.76. The van der Waals surface area contributed by atoms with Gasteiger partial charge in [0.05, 0.1) is 29.4 Å². The summed E-state index contributed by atoms with van der Waals surface area (Å²) < 4.78 is 32.9. The van der Waals surface area contributed by atoms with Crippen LogP contribution in [-0.2, 0) is 24.1 Å². The number of methoxy groups -OCH3 is 1. The molecule has 0 aliphatic rings. The van der Waals surface area contributed by atoms with Crippen LogP contribution >= 0.6 is 0 Å². The van der Waals surface area contributed by atoms with E-state index in [-0.39, 0.29) is 28.9 Å². The van der Waals surface area contributed by atoms with E-state index in [9.17, 15) is 18.0 Å². The molecule has 1 aromatic carbocycles. The zero-order valence-corrected chi connectivity index (χ0v) is 13.7. The number of hydrogen-bond donors (Lipinski definition) is 1. The van der Waals surface area contributed by atoms with Crippen molar-refractivity contribution in [2.24, 2.45) is 0 Å². The van der Waals surface area contributed by atoms with Crippen molar-refractivity contribution in [3.63, 3.8) is 0 Å². The van der Waals surface area contributed by atoms with E-state index in [4.69, 9.17) is 4.74 Å². The molecule has 0 radical (unpaired) electrons. The number of carbonyl (C=O) groups is 2. The highest BCUT2D eigenvalue weighted by Gasteiger charge is 2.18. The molecule has 1 amide bonds. The molecule has 0 atom stereocenters. The zero-order valence-electron chi connectivity index (χ0n) is 12.9. The van der Waals surface area contributed by atoms with Gasteiger partial charge >= 0.3 is 5.97 Å². The normalized spacial score (nSPS) is 11.3. The second-order valence-electron chi connectivity index (χ2n) is 4.88. The van der Waals surface area contributed by atoms with Crippen LogP contribution in [0.25, 0.3) is 0 Å². The molecule has 0 fully saturated rings. The Balaban J connectivity index is 3.12. The molecule has 0 saturated carbocycles. The number of sulfone groups is 1. The molecule has 0 aliphatic carbocycles. The Hall–Kier alpha value is -1.93. The Kier molecular flexibility index (Phi) is 6.07. The molecule has 0 saturated heterocycles. The number of nitrogens with one attached hydrogen (secondary N) is 1. The van der Waals surface area contributed by atoms with Gasteiger partial charge < -0.3 is 14.8 Å². The van der Waals surface area contributed by atoms with E-state index < -0.39 is 21.7 Å². The lowest BCUT2D eigenvalue weighted by Crippen LogP contribution is -2.22. The molecule has 8 heteroatoms. The van der Waals surface area contributed by atoms with Crippen LogP contribution in [0.4, 0.5) is 5.69 Å². The van der Waals surface area contributed by atoms with Crippen molar-refractivity contribution in [3.05, 3.63) is 23.8 Å². The second-order valence-corrected chi connectivity index (χ2v) is 6.89. The summed E-state index contributed by atoms with van der Waals surface area (Å²) in [5.74, 6) is -1.18. The average Bonchev–Trinajstić information content (AvgIpc) is 2.43. The summed E-state index contributed by atoms with van der Waals surface area (Å²) in [6.45, 7) is 3.34. The number of esters is 1. The van der Waals surface area contributed by atoms with E-state index in [1.807, 2.05) is 0 Å². The quantitative estimate of drug-likeness (QED) is 0.788. The molecule has 0 bridgehead atoms. The maximum Gasteiger partial charge on any atom is 0.339 e. The number of carbonyl (C=O) groups excluding carboxylic acids is 2. The smallest absolute Gasteiger partial charge is 0.339 e. The van der Waals surface area contributed by atoms with E-state index in [1.54, 1.807) is 13.8 Å². The first-order valence-electron chi connectivity index (χ1n) is 6.49. The van der Waals surface area contributed by atoms with Gasteiger partial charge in [0.2, 0.25) is 5.91 Å². The number of amides is 1. The van der Waals surface area contributed by atoms with Crippen LogP contribution in [-0.4, -0.2) is 46.4 Å². The van der Waals surface area contributed by atoms with Crippen molar-refractivity contribution in [3.8, 4) is 0 Å². The predicted octanol–water partition coefficient (Wildman–Crippen LogP) is 1.24. The third kappa shape index (κ3) is 5.12. The zero-order chi connectivity index (χ0) is 16.9. The van der Waals surface area contributed by atoms with E-state index >= 15 is 0 Å². The number of hydrogen-bond acceptors (Lipinski definition) is 6. The molecule has 122 valence electrons. The van der Waals surface area contributed by atoms with Gasteiger partial charge in [-0.05, 0) is 32.0 Å². The lowest BCUT2D eigenvalue weighted by molar-refractivity contribution is -0.121. The summed E-state index contributed by atoms with van der Waals surface area (Å²) in [7, 11) is -2.28. The lowest BCUT2D eigenvalue weighted by atomic mass is 10.2. The predicted molar refractivity (Wildman–Crippen MR) is 80.6 cm³/mol. The summed E-state index contributed by atoms with van der Waals surface area (Å²) in [5, 5.41) is 2.46. The first-order chi connectivity index (χ1) is 10.1. The highest BCUT2D eigenvalue weighted by atomic mass is 32.2. The molecule has 0 spiro atoms. The van der Waals surface area contributed by atoms with Crippen molar-refractivity contribution >= 4 is 27.4 Å². The molecular weight excluding hydrogens is 310 g/mol. The molecule has 0 unspecified atom stereocenters. The van der Waals surface area contributed by atoms with Crippen LogP contribution in [0.3, 0.4) is 0 Å². The number of anilines is 1. The summed E-state index contributed by atoms with van der Waals surface area (Å²) >= 11 is 0. The SMILES string of the molecule is COC(=O)c1ccc(S(C)(=O)=O)cc1NC(=O)COC(C)C. The molecule has 1 aromatic rings. The van der Waals surface area contributed by atoms with Gasteiger partial charge in [-0.3, -0.25) is 4.79 Å². The highest BCUT2D eigenvalue weighted by molar-refractivity contribution is 7.90. The summed E-state index contributed by atoms with van der Waals surface area (Å²) in [5.41, 5.74) is 0.125. The molecular formula is C14H19NO6S. The average molecular weight is 329 g/mol. The fraction of sp³-hybridized carbons (Fsp3) is 0.429. The maximum absolute atomic E-state index is 11.8. The first-order valence-corrected chi connectivity index (χ1v) is 8.38. The molecule has 7 nitrogen and oxygen atoms in total. The van der Waals surface area contributed by atoms with Crippen LogP contribution in [0.2, 0.25) is 0 Å². The van der Waals surface area contributed by atoms with Gasteiger partial charge in [-0.1, -0.05) is 0 Å². The minimum absolute atomic E-state index is 0.0137. The molecule has 0 aromatic heterocycles. The van der Waals surface area contributed by atoms with Gasteiger partial charge in [-0.25, -0.2) is 13.2 Å². The Labute approximate surface area is 129 Å². The first kappa shape index (κ1) is 18.1. The van der Waals surface area contributed by atoms with Gasteiger partial charge in [0, 0.05) is 6.26 Å². The summed E-state index contributed by atoms with van der Waals surface area (Å²) in [4.78, 5) is 23.5. The van der Waals surface area contributed by atoms with E-state index in [0.29, 0.717) is 0 Å². The second kappa shape index (κ2) is 7.37. The Bertz CT molecular complexity index is 666. The Morgan fingerprint density at radius 1 is 1.27 bits per heavy atom. The van der Waals surface area contributed by atoms with Gasteiger partial charge in [0.25, 0.3) is 0 Å². The van der Waals surface area contributed by atoms with Crippen LogP contribution in [0.1, 0.15) is 24.2 Å². The molecule has 0 heterocycles. The molecule has 1 N–H and O–H groups in total. The fourth-order valence-corrected chi connectivity index (χ4v) is 2.22.